The van der Waals surface area contributed by atoms with E-state index in [9.17, 15) is 13.5 Å². The molecule has 124 valence electrons. The first-order valence-electron chi connectivity index (χ1n) is 7.55. The molecule has 2 heterocycles. The van der Waals surface area contributed by atoms with E-state index in [2.05, 4.69) is 6.92 Å². The molecule has 0 aromatic carbocycles. The molecule has 5 atom stereocenters. The van der Waals surface area contributed by atoms with E-state index in [1.807, 2.05) is 6.92 Å². The average molecular weight is 322 g/mol. The van der Waals surface area contributed by atoms with E-state index >= 15 is 0 Å². The number of ether oxygens (including phenoxy) is 2. The Morgan fingerprint density at radius 1 is 1.48 bits per heavy atom. The molecular formula is C14H26O6S. The first-order valence-corrected chi connectivity index (χ1v) is 9.37. The minimum atomic E-state index is -3.57. The van der Waals surface area contributed by atoms with Gasteiger partial charge in [-0.25, -0.2) is 0 Å². The van der Waals surface area contributed by atoms with Gasteiger partial charge in [0.15, 0.2) is 5.79 Å². The van der Waals surface area contributed by atoms with Crippen molar-refractivity contribution in [3.8, 4) is 0 Å². The number of aliphatic hydroxyl groups is 1. The Morgan fingerprint density at radius 2 is 2.19 bits per heavy atom. The van der Waals surface area contributed by atoms with Crippen molar-refractivity contribution in [1.82, 2.24) is 0 Å². The molecule has 0 aromatic rings. The van der Waals surface area contributed by atoms with Gasteiger partial charge in [-0.3, -0.25) is 4.18 Å². The van der Waals surface area contributed by atoms with Crippen LogP contribution in [-0.4, -0.2) is 51.0 Å². The van der Waals surface area contributed by atoms with Crippen LogP contribution < -0.4 is 0 Å². The summed E-state index contributed by atoms with van der Waals surface area (Å²) in [5.74, 6) is -0.0854. The first-order chi connectivity index (χ1) is 9.75. The molecule has 0 spiro atoms. The topological polar surface area (TPSA) is 82.1 Å². The van der Waals surface area contributed by atoms with Crippen molar-refractivity contribution in [2.75, 3.05) is 19.5 Å². The molecule has 2 rings (SSSR count). The molecule has 0 radical (unpaired) electrons. The van der Waals surface area contributed by atoms with Crippen molar-refractivity contribution >= 4 is 10.1 Å². The van der Waals surface area contributed by atoms with E-state index in [0.717, 1.165) is 19.1 Å². The van der Waals surface area contributed by atoms with Crippen LogP contribution in [0.25, 0.3) is 0 Å². The van der Waals surface area contributed by atoms with Gasteiger partial charge >= 0.3 is 0 Å². The summed E-state index contributed by atoms with van der Waals surface area (Å²) in [5.41, 5.74) is 0. The quantitative estimate of drug-likeness (QED) is 0.711. The molecule has 0 aliphatic carbocycles. The Morgan fingerprint density at radius 3 is 2.81 bits per heavy atom. The summed E-state index contributed by atoms with van der Waals surface area (Å²) in [7, 11) is -3.57. The third-order valence-electron chi connectivity index (χ3n) is 4.59. The van der Waals surface area contributed by atoms with E-state index in [0.29, 0.717) is 25.4 Å². The molecule has 2 bridgehead atoms. The van der Waals surface area contributed by atoms with Gasteiger partial charge in [0, 0.05) is 12.8 Å². The van der Waals surface area contributed by atoms with Crippen molar-refractivity contribution in [3.63, 3.8) is 0 Å². The van der Waals surface area contributed by atoms with Crippen molar-refractivity contribution in [2.45, 2.75) is 57.5 Å². The van der Waals surface area contributed by atoms with Gasteiger partial charge in [-0.05, 0) is 24.7 Å². The maximum absolute atomic E-state index is 11.2. The fourth-order valence-electron chi connectivity index (χ4n) is 3.04. The third kappa shape index (κ3) is 4.39. The Bertz CT molecular complexity index is 450. The van der Waals surface area contributed by atoms with E-state index in [1.54, 1.807) is 0 Å². The predicted molar refractivity (Wildman–Crippen MR) is 77.2 cm³/mol. The summed E-state index contributed by atoms with van der Waals surface area (Å²) in [6, 6.07) is 0. The van der Waals surface area contributed by atoms with Crippen LogP contribution in [0.15, 0.2) is 0 Å². The van der Waals surface area contributed by atoms with Crippen LogP contribution in [0, 0.1) is 11.8 Å². The van der Waals surface area contributed by atoms with E-state index in [4.69, 9.17) is 13.7 Å². The van der Waals surface area contributed by atoms with Crippen molar-refractivity contribution in [2.24, 2.45) is 11.8 Å². The minimum absolute atomic E-state index is 0.0929. The summed E-state index contributed by atoms with van der Waals surface area (Å²) in [4.78, 5) is 0. The number of rotatable bonds is 7. The zero-order valence-electron chi connectivity index (χ0n) is 12.9. The van der Waals surface area contributed by atoms with E-state index < -0.39 is 22.0 Å². The minimum Gasteiger partial charge on any atom is -0.394 e. The molecule has 2 aliphatic heterocycles. The molecule has 2 saturated heterocycles. The fourth-order valence-corrected chi connectivity index (χ4v) is 3.74. The Kier molecular flexibility index (Phi) is 5.31. The van der Waals surface area contributed by atoms with Gasteiger partial charge in [0.1, 0.15) is 6.10 Å². The number of aliphatic hydroxyl groups excluding tert-OH is 1. The van der Waals surface area contributed by atoms with Gasteiger partial charge < -0.3 is 14.6 Å². The van der Waals surface area contributed by atoms with Crippen LogP contribution in [0.1, 0.15) is 39.5 Å². The molecule has 7 heteroatoms. The van der Waals surface area contributed by atoms with E-state index in [-0.39, 0.29) is 18.6 Å². The van der Waals surface area contributed by atoms with Crippen LogP contribution in [-0.2, 0) is 23.8 Å². The van der Waals surface area contributed by atoms with Gasteiger partial charge in [0.2, 0.25) is 0 Å². The molecule has 0 unspecified atom stereocenters. The first kappa shape index (κ1) is 17.1. The smallest absolute Gasteiger partial charge is 0.264 e. The summed E-state index contributed by atoms with van der Waals surface area (Å²) in [6.07, 6.45) is 3.79. The third-order valence-corrected chi connectivity index (χ3v) is 5.18. The van der Waals surface area contributed by atoms with Crippen LogP contribution >= 0.6 is 0 Å². The molecular weight excluding hydrogens is 296 g/mol. The van der Waals surface area contributed by atoms with E-state index in [1.165, 1.54) is 0 Å². The fraction of sp³-hybridized carbons (Fsp3) is 1.00. The Hall–Kier alpha value is -0.210. The Balaban J connectivity index is 1.87. The molecule has 0 amide bonds. The molecule has 2 aliphatic rings. The Labute approximate surface area is 126 Å². The van der Waals surface area contributed by atoms with Gasteiger partial charge in [-0.1, -0.05) is 13.8 Å². The SMILES string of the molecule is C[C@H]1CC[C@@]2(CC[C@H](C)[C@H](CO)OS(C)(=O)=O)OC[C@@H]1O2. The van der Waals surface area contributed by atoms with Crippen LogP contribution in [0.5, 0.6) is 0 Å². The molecule has 0 aromatic heterocycles. The van der Waals surface area contributed by atoms with Crippen LogP contribution in [0.2, 0.25) is 0 Å². The number of hydrogen-bond donors (Lipinski definition) is 1. The van der Waals surface area contributed by atoms with Crippen LogP contribution in [0.3, 0.4) is 0 Å². The normalized spacial score (nSPS) is 35.6. The zero-order chi connectivity index (χ0) is 15.7. The van der Waals surface area contributed by atoms with Gasteiger partial charge in [0.05, 0.1) is 25.6 Å². The van der Waals surface area contributed by atoms with Gasteiger partial charge in [-0.15, -0.1) is 0 Å². The maximum Gasteiger partial charge on any atom is 0.264 e. The lowest BCUT2D eigenvalue weighted by Crippen LogP contribution is -2.38. The van der Waals surface area contributed by atoms with Crippen LogP contribution in [0.4, 0.5) is 0 Å². The lowest BCUT2D eigenvalue weighted by molar-refractivity contribution is -0.204. The maximum atomic E-state index is 11.2. The highest BCUT2D eigenvalue weighted by Gasteiger charge is 2.47. The number of fused-ring (bicyclic) bond motifs is 2. The van der Waals surface area contributed by atoms with Gasteiger partial charge in [0.25, 0.3) is 10.1 Å². The monoisotopic (exact) mass is 322 g/mol. The molecule has 1 N–H and O–H groups in total. The largest absolute Gasteiger partial charge is 0.394 e. The second kappa shape index (κ2) is 6.50. The van der Waals surface area contributed by atoms with Crippen molar-refractivity contribution < 1.29 is 27.2 Å². The standard InChI is InChI=1S/C14H26O6S/c1-10(12(8-15)20-21(3,16)17)4-6-14-7-5-11(2)13(19-14)9-18-14/h10-13,15H,4-9H2,1-3H3/t10-,11-,12-,13-,14-/m0/s1. The summed E-state index contributed by atoms with van der Waals surface area (Å²) in [6.45, 7) is 4.37. The van der Waals surface area contributed by atoms with Crippen molar-refractivity contribution in [1.29, 1.82) is 0 Å². The zero-order valence-corrected chi connectivity index (χ0v) is 13.8. The highest BCUT2D eigenvalue weighted by Crippen LogP contribution is 2.42. The molecule has 0 saturated carbocycles. The van der Waals surface area contributed by atoms with Crippen molar-refractivity contribution in [3.05, 3.63) is 0 Å². The average Bonchev–Trinajstić information content (AvgIpc) is 2.77. The highest BCUT2D eigenvalue weighted by atomic mass is 32.2. The molecule has 21 heavy (non-hydrogen) atoms. The second-order valence-electron chi connectivity index (χ2n) is 6.43. The highest BCUT2D eigenvalue weighted by molar-refractivity contribution is 7.86. The number of hydrogen-bond acceptors (Lipinski definition) is 6. The summed E-state index contributed by atoms with van der Waals surface area (Å²) < 4.78 is 39.2. The summed E-state index contributed by atoms with van der Waals surface area (Å²) in [5, 5.41) is 9.31. The van der Waals surface area contributed by atoms with Gasteiger partial charge in [-0.2, -0.15) is 8.42 Å². The molecule has 6 nitrogen and oxygen atoms in total. The predicted octanol–water partition coefficient (Wildman–Crippen LogP) is 1.28. The lowest BCUT2D eigenvalue weighted by Gasteiger charge is -2.35. The lowest BCUT2D eigenvalue weighted by atomic mass is 9.89. The summed E-state index contributed by atoms with van der Waals surface area (Å²) >= 11 is 0. The molecule has 2 fully saturated rings. The second-order valence-corrected chi connectivity index (χ2v) is 8.03.